The standard InChI is InChI=1S/C24H24ClN5O4/c25-19-9-6-15(11-17(19)22(32)27-14-4-2-1-3-5-14)28-21(31)13-10-18-20(26-12-13)30(16-7-8-16)24(34)29-23(18)33/h6,9-12,14,16H,1-5,7-8H2,(H,27,32)(H,28,31)(H,29,33,34). The molecule has 3 N–H and O–H groups in total. The molecule has 0 bridgehead atoms. The van der Waals surface area contributed by atoms with Crippen molar-refractivity contribution in [1.29, 1.82) is 0 Å². The van der Waals surface area contributed by atoms with E-state index in [1.807, 2.05) is 0 Å². The van der Waals surface area contributed by atoms with Gasteiger partial charge in [0.1, 0.15) is 5.65 Å². The van der Waals surface area contributed by atoms with Gasteiger partial charge in [-0.3, -0.25) is 23.9 Å². The van der Waals surface area contributed by atoms with Crippen LogP contribution in [-0.4, -0.2) is 32.4 Å². The van der Waals surface area contributed by atoms with Gasteiger partial charge in [0.2, 0.25) is 0 Å². The molecule has 2 aromatic heterocycles. The number of fused-ring (bicyclic) bond motifs is 1. The van der Waals surface area contributed by atoms with Crippen molar-refractivity contribution in [2.75, 3.05) is 5.32 Å². The van der Waals surface area contributed by atoms with E-state index in [4.69, 9.17) is 11.6 Å². The Bertz CT molecular complexity index is 1400. The molecule has 2 aliphatic carbocycles. The number of carbonyl (C=O) groups excluding carboxylic acids is 2. The molecule has 1 aromatic carbocycles. The Morgan fingerprint density at radius 3 is 2.53 bits per heavy atom. The van der Waals surface area contributed by atoms with Gasteiger partial charge in [0.15, 0.2) is 0 Å². The minimum Gasteiger partial charge on any atom is -0.349 e. The van der Waals surface area contributed by atoms with Crippen LogP contribution in [0.2, 0.25) is 5.02 Å². The van der Waals surface area contributed by atoms with E-state index < -0.39 is 17.2 Å². The number of aromatic nitrogens is 3. The summed E-state index contributed by atoms with van der Waals surface area (Å²) in [6, 6.07) is 6.26. The van der Waals surface area contributed by atoms with E-state index >= 15 is 0 Å². The largest absolute Gasteiger partial charge is 0.349 e. The van der Waals surface area contributed by atoms with Crippen molar-refractivity contribution in [3.05, 3.63) is 67.4 Å². The number of carbonyl (C=O) groups is 2. The molecule has 3 aromatic rings. The number of halogens is 1. The first-order chi connectivity index (χ1) is 16.4. The maximum Gasteiger partial charge on any atom is 0.330 e. The molecule has 2 aliphatic rings. The number of anilines is 1. The number of amides is 2. The normalized spacial score (nSPS) is 16.4. The number of aromatic amines is 1. The molecule has 0 saturated heterocycles. The monoisotopic (exact) mass is 481 g/mol. The second-order valence-corrected chi connectivity index (χ2v) is 9.32. The van der Waals surface area contributed by atoms with Gasteiger partial charge in [-0.25, -0.2) is 9.78 Å². The number of nitrogens with zero attached hydrogens (tertiary/aromatic N) is 2. The first kappa shape index (κ1) is 22.3. The van der Waals surface area contributed by atoms with Crippen LogP contribution >= 0.6 is 11.6 Å². The molecule has 5 rings (SSSR count). The van der Waals surface area contributed by atoms with Gasteiger partial charge in [0.25, 0.3) is 17.4 Å². The summed E-state index contributed by atoms with van der Waals surface area (Å²) >= 11 is 6.25. The molecule has 0 spiro atoms. The molecule has 0 aliphatic heterocycles. The minimum absolute atomic E-state index is 0.0197. The molecule has 0 unspecified atom stereocenters. The van der Waals surface area contributed by atoms with Gasteiger partial charge >= 0.3 is 5.69 Å². The topological polar surface area (TPSA) is 126 Å². The molecule has 176 valence electrons. The summed E-state index contributed by atoms with van der Waals surface area (Å²) in [5.41, 5.74) is 0.00644. The second kappa shape index (κ2) is 9.06. The summed E-state index contributed by atoms with van der Waals surface area (Å²) in [6.07, 6.45) is 8.29. The highest BCUT2D eigenvalue weighted by molar-refractivity contribution is 6.34. The van der Waals surface area contributed by atoms with Crippen LogP contribution in [0.3, 0.4) is 0 Å². The number of benzene rings is 1. The summed E-state index contributed by atoms with van der Waals surface area (Å²) in [7, 11) is 0. The van der Waals surface area contributed by atoms with Gasteiger partial charge in [-0.1, -0.05) is 30.9 Å². The van der Waals surface area contributed by atoms with Crippen LogP contribution in [0.15, 0.2) is 40.1 Å². The van der Waals surface area contributed by atoms with Crippen LogP contribution < -0.4 is 21.9 Å². The van der Waals surface area contributed by atoms with E-state index in [9.17, 15) is 19.2 Å². The number of pyridine rings is 1. The van der Waals surface area contributed by atoms with Crippen LogP contribution in [0.1, 0.15) is 71.7 Å². The molecule has 2 fully saturated rings. The zero-order valence-electron chi connectivity index (χ0n) is 18.4. The predicted molar refractivity (Wildman–Crippen MR) is 129 cm³/mol. The average Bonchev–Trinajstić information content (AvgIpc) is 3.66. The lowest BCUT2D eigenvalue weighted by Crippen LogP contribution is -2.36. The first-order valence-electron chi connectivity index (χ1n) is 11.5. The second-order valence-electron chi connectivity index (χ2n) is 8.91. The lowest BCUT2D eigenvalue weighted by atomic mass is 9.95. The van der Waals surface area contributed by atoms with Crippen LogP contribution in [0.25, 0.3) is 11.0 Å². The van der Waals surface area contributed by atoms with Gasteiger partial charge < -0.3 is 10.6 Å². The van der Waals surface area contributed by atoms with Gasteiger partial charge in [0.05, 0.1) is 21.5 Å². The molecule has 2 amide bonds. The zero-order chi connectivity index (χ0) is 23.8. The van der Waals surface area contributed by atoms with Crippen LogP contribution in [0.4, 0.5) is 5.69 Å². The molecule has 2 saturated carbocycles. The van der Waals surface area contributed by atoms with Crippen molar-refractivity contribution < 1.29 is 9.59 Å². The van der Waals surface area contributed by atoms with E-state index in [-0.39, 0.29) is 40.2 Å². The number of hydrogen-bond donors (Lipinski definition) is 3. The molecular weight excluding hydrogens is 458 g/mol. The molecular formula is C24H24ClN5O4. The Morgan fingerprint density at radius 2 is 1.79 bits per heavy atom. The molecule has 0 atom stereocenters. The van der Waals surface area contributed by atoms with E-state index in [0.29, 0.717) is 10.7 Å². The number of rotatable bonds is 5. The van der Waals surface area contributed by atoms with E-state index in [2.05, 4.69) is 20.6 Å². The summed E-state index contributed by atoms with van der Waals surface area (Å²) in [6.45, 7) is 0. The van der Waals surface area contributed by atoms with Crippen LogP contribution in [0.5, 0.6) is 0 Å². The smallest absolute Gasteiger partial charge is 0.330 e. The third-order valence-corrected chi connectivity index (χ3v) is 6.69. The number of hydrogen-bond acceptors (Lipinski definition) is 5. The van der Waals surface area contributed by atoms with Gasteiger partial charge in [0, 0.05) is 24.0 Å². The zero-order valence-corrected chi connectivity index (χ0v) is 19.2. The molecule has 2 heterocycles. The Labute approximate surface area is 199 Å². The Hall–Kier alpha value is -3.46. The van der Waals surface area contributed by atoms with Crippen LogP contribution in [0, 0.1) is 0 Å². The number of H-pyrrole nitrogens is 1. The molecule has 34 heavy (non-hydrogen) atoms. The SMILES string of the molecule is O=C(Nc1ccc(Cl)c(C(=O)NC2CCCCC2)c1)c1cnc2c(c1)c(=O)[nH]c(=O)n2C1CC1. The van der Waals surface area contributed by atoms with Gasteiger partial charge in [-0.15, -0.1) is 0 Å². The third-order valence-electron chi connectivity index (χ3n) is 6.36. The van der Waals surface area contributed by atoms with Gasteiger partial charge in [-0.05, 0) is 49.9 Å². The van der Waals surface area contributed by atoms with Crippen molar-refractivity contribution >= 4 is 40.1 Å². The Balaban J connectivity index is 1.38. The molecule has 0 radical (unpaired) electrons. The summed E-state index contributed by atoms with van der Waals surface area (Å²) in [5.74, 6) is -0.774. The number of nitrogens with one attached hydrogen (secondary N) is 3. The average molecular weight is 482 g/mol. The third kappa shape index (κ3) is 4.48. The van der Waals surface area contributed by atoms with Crippen molar-refractivity contribution in [1.82, 2.24) is 19.9 Å². The predicted octanol–water partition coefficient (Wildman–Crippen LogP) is 3.39. The Morgan fingerprint density at radius 1 is 1.03 bits per heavy atom. The van der Waals surface area contributed by atoms with E-state index in [1.54, 1.807) is 12.1 Å². The molecule has 9 nitrogen and oxygen atoms in total. The summed E-state index contributed by atoms with van der Waals surface area (Å²) in [5, 5.41) is 6.22. The van der Waals surface area contributed by atoms with Crippen molar-refractivity contribution in [3.8, 4) is 0 Å². The summed E-state index contributed by atoms with van der Waals surface area (Å²) < 4.78 is 1.47. The summed E-state index contributed by atoms with van der Waals surface area (Å²) in [4.78, 5) is 56.7. The fourth-order valence-corrected chi connectivity index (χ4v) is 4.63. The van der Waals surface area contributed by atoms with E-state index in [1.165, 1.54) is 29.3 Å². The van der Waals surface area contributed by atoms with Crippen LogP contribution in [-0.2, 0) is 0 Å². The Kier molecular flexibility index (Phi) is 5.95. The molecule has 10 heteroatoms. The minimum atomic E-state index is -0.591. The fourth-order valence-electron chi connectivity index (χ4n) is 4.42. The maximum atomic E-state index is 12.9. The van der Waals surface area contributed by atoms with Gasteiger partial charge in [-0.2, -0.15) is 0 Å². The lowest BCUT2D eigenvalue weighted by Gasteiger charge is -2.23. The first-order valence-corrected chi connectivity index (χ1v) is 11.8. The lowest BCUT2D eigenvalue weighted by molar-refractivity contribution is 0.0926. The highest BCUT2D eigenvalue weighted by atomic mass is 35.5. The highest BCUT2D eigenvalue weighted by Gasteiger charge is 2.28. The van der Waals surface area contributed by atoms with E-state index in [0.717, 1.165) is 38.5 Å². The fraction of sp³-hybridized carbons (Fsp3) is 0.375. The van der Waals surface area contributed by atoms with Crippen molar-refractivity contribution in [3.63, 3.8) is 0 Å². The van der Waals surface area contributed by atoms with Crippen molar-refractivity contribution in [2.24, 2.45) is 0 Å². The van der Waals surface area contributed by atoms with Crippen molar-refractivity contribution in [2.45, 2.75) is 57.0 Å². The maximum absolute atomic E-state index is 12.9. The quantitative estimate of drug-likeness (QED) is 0.515. The highest BCUT2D eigenvalue weighted by Crippen LogP contribution is 2.34.